The summed E-state index contributed by atoms with van der Waals surface area (Å²) in [4.78, 5) is 0.234. The minimum atomic E-state index is -3.29. The summed E-state index contributed by atoms with van der Waals surface area (Å²) in [5.74, 6) is -0.0517. The van der Waals surface area contributed by atoms with E-state index >= 15 is 0 Å². The first-order chi connectivity index (χ1) is 9.44. The summed E-state index contributed by atoms with van der Waals surface area (Å²) >= 11 is 0. The summed E-state index contributed by atoms with van der Waals surface area (Å²) in [6.07, 6.45) is 1.14. The Bertz CT molecular complexity index is 574. The van der Waals surface area contributed by atoms with Crippen LogP contribution in [0.2, 0.25) is 0 Å². The number of benzene rings is 1. The van der Waals surface area contributed by atoms with Crippen LogP contribution in [-0.2, 0) is 9.84 Å². The Morgan fingerprint density at radius 1 is 1.50 bits per heavy atom. The van der Waals surface area contributed by atoms with Gasteiger partial charge in [-0.25, -0.2) is 12.8 Å². The van der Waals surface area contributed by atoms with Crippen molar-refractivity contribution in [3.63, 3.8) is 0 Å². The maximum atomic E-state index is 13.4. The Kier molecular flexibility index (Phi) is 4.78. The van der Waals surface area contributed by atoms with Gasteiger partial charge in [-0.3, -0.25) is 0 Å². The molecule has 0 saturated carbocycles. The number of aliphatic hydroxyl groups is 1. The summed E-state index contributed by atoms with van der Waals surface area (Å²) in [5.41, 5.74) is 0.521. The molecule has 0 unspecified atom stereocenters. The van der Waals surface area contributed by atoms with E-state index in [1.807, 2.05) is 6.92 Å². The first-order valence-corrected chi connectivity index (χ1v) is 8.45. The minimum Gasteiger partial charge on any atom is -0.396 e. The molecule has 0 bridgehead atoms. The Labute approximate surface area is 118 Å². The first-order valence-electron chi connectivity index (χ1n) is 6.80. The van der Waals surface area contributed by atoms with Crippen LogP contribution in [0.25, 0.3) is 0 Å². The predicted molar refractivity (Wildman–Crippen MR) is 74.7 cm³/mol. The van der Waals surface area contributed by atoms with E-state index < -0.39 is 15.7 Å². The highest BCUT2D eigenvalue weighted by molar-refractivity contribution is 7.91. The zero-order valence-electron chi connectivity index (χ0n) is 11.5. The Morgan fingerprint density at radius 3 is 2.95 bits per heavy atom. The van der Waals surface area contributed by atoms with E-state index in [4.69, 9.17) is 5.11 Å². The van der Waals surface area contributed by atoms with Gasteiger partial charge in [-0.2, -0.15) is 0 Å². The Balaban J connectivity index is 2.19. The van der Waals surface area contributed by atoms with Crippen LogP contribution in [-0.4, -0.2) is 32.4 Å². The molecule has 1 aliphatic heterocycles. The first kappa shape index (κ1) is 15.4. The van der Waals surface area contributed by atoms with Crippen LogP contribution in [0.1, 0.15) is 31.4 Å². The average molecular weight is 301 g/mol. The van der Waals surface area contributed by atoms with E-state index in [2.05, 4.69) is 5.32 Å². The molecular weight excluding hydrogens is 281 g/mol. The zero-order valence-corrected chi connectivity index (χ0v) is 12.3. The molecule has 2 rings (SSSR count). The summed E-state index contributed by atoms with van der Waals surface area (Å²) in [7, 11) is -3.29. The Morgan fingerprint density at radius 2 is 2.25 bits per heavy atom. The normalized spacial score (nSPS) is 22.2. The maximum Gasteiger partial charge on any atom is 0.178 e. The monoisotopic (exact) mass is 301 g/mol. The lowest BCUT2D eigenvalue weighted by Crippen LogP contribution is -2.32. The van der Waals surface area contributed by atoms with Gasteiger partial charge in [0, 0.05) is 12.6 Å². The van der Waals surface area contributed by atoms with Crippen molar-refractivity contribution in [1.82, 2.24) is 5.32 Å². The number of aliphatic hydroxyl groups excluding tert-OH is 1. The molecule has 0 aromatic heterocycles. The highest BCUT2D eigenvalue weighted by Crippen LogP contribution is 2.32. The average Bonchev–Trinajstić information content (AvgIpc) is 2.38. The van der Waals surface area contributed by atoms with Crippen LogP contribution in [0.4, 0.5) is 4.39 Å². The van der Waals surface area contributed by atoms with Gasteiger partial charge in [-0.05, 0) is 49.1 Å². The second kappa shape index (κ2) is 6.20. The molecule has 20 heavy (non-hydrogen) atoms. The smallest absolute Gasteiger partial charge is 0.178 e. The molecule has 0 fully saturated rings. The van der Waals surface area contributed by atoms with Crippen molar-refractivity contribution in [3.05, 3.63) is 29.6 Å². The third-order valence-electron chi connectivity index (χ3n) is 3.69. The standard InChI is InChI=1S/C14H20FNO3S/c1-10(4-6-17)9-16-13-5-7-20(18,19)14-3-2-11(15)8-12(13)14/h2-3,8,10,13,16-17H,4-7,9H2,1H3/t10-,13+/m1/s1. The van der Waals surface area contributed by atoms with Gasteiger partial charge in [0.25, 0.3) is 0 Å². The van der Waals surface area contributed by atoms with Gasteiger partial charge in [-0.15, -0.1) is 0 Å². The molecule has 1 aromatic rings. The van der Waals surface area contributed by atoms with Crippen molar-refractivity contribution in [2.75, 3.05) is 18.9 Å². The molecule has 0 aliphatic carbocycles. The molecule has 0 spiro atoms. The minimum absolute atomic E-state index is 0.0810. The second-order valence-corrected chi connectivity index (χ2v) is 7.45. The lowest BCUT2D eigenvalue weighted by atomic mass is 10.0. The number of hydrogen-bond donors (Lipinski definition) is 2. The molecule has 2 atom stereocenters. The summed E-state index contributed by atoms with van der Waals surface area (Å²) in [6.45, 7) is 2.81. The van der Waals surface area contributed by atoms with Crippen LogP contribution >= 0.6 is 0 Å². The van der Waals surface area contributed by atoms with Gasteiger partial charge < -0.3 is 10.4 Å². The molecular formula is C14H20FNO3S. The number of fused-ring (bicyclic) bond motifs is 1. The van der Waals surface area contributed by atoms with E-state index in [0.29, 0.717) is 24.9 Å². The molecule has 1 heterocycles. The summed E-state index contributed by atoms with van der Waals surface area (Å²) < 4.78 is 37.4. The molecule has 1 aliphatic rings. The van der Waals surface area contributed by atoms with Crippen molar-refractivity contribution < 1.29 is 17.9 Å². The maximum absolute atomic E-state index is 13.4. The molecule has 1 aromatic carbocycles. The van der Waals surface area contributed by atoms with Crippen molar-refractivity contribution in [3.8, 4) is 0 Å². The van der Waals surface area contributed by atoms with Crippen LogP contribution in [0.15, 0.2) is 23.1 Å². The largest absolute Gasteiger partial charge is 0.396 e. The van der Waals surface area contributed by atoms with Gasteiger partial charge in [0.1, 0.15) is 5.82 Å². The lowest BCUT2D eigenvalue weighted by molar-refractivity contribution is 0.257. The van der Waals surface area contributed by atoms with Gasteiger partial charge in [0.2, 0.25) is 0 Å². The van der Waals surface area contributed by atoms with E-state index in [0.717, 1.165) is 0 Å². The van der Waals surface area contributed by atoms with Crippen molar-refractivity contribution in [2.45, 2.75) is 30.7 Å². The van der Waals surface area contributed by atoms with Crippen molar-refractivity contribution >= 4 is 9.84 Å². The highest BCUT2D eigenvalue weighted by atomic mass is 32.2. The van der Waals surface area contributed by atoms with Crippen molar-refractivity contribution in [2.24, 2.45) is 5.92 Å². The summed E-state index contributed by atoms with van der Waals surface area (Å²) in [6, 6.07) is 3.70. The van der Waals surface area contributed by atoms with Gasteiger partial charge in [0.05, 0.1) is 10.6 Å². The fourth-order valence-electron chi connectivity index (χ4n) is 2.49. The molecule has 0 saturated heterocycles. The van der Waals surface area contributed by atoms with Crippen LogP contribution in [0.3, 0.4) is 0 Å². The van der Waals surface area contributed by atoms with E-state index in [9.17, 15) is 12.8 Å². The molecule has 2 N–H and O–H groups in total. The molecule has 0 radical (unpaired) electrons. The SMILES string of the molecule is C[C@H](CCO)CN[C@H]1CCS(=O)(=O)c2ccc(F)cc21. The number of nitrogens with one attached hydrogen (secondary N) is 1. The summed E-state index contributed by atoms with van der Waals surface area (Å²) in [5, 5.41) is 12.2. The van der Waals surface area contributed by atoms with Crippen molar-refractivity contribution in [1.29, 1.82) is 0 Å². The molecule has 112 valence electrons. The van der Waals surface area contributed by atoms with E-state index in [1.54, 1.807) is 0 Å². The topological polar surface area (TPSA) is 66.4 Å². The number of rotatable bonds is 5. The third kappa shape index (κ3) is 3.37. The zero-order chi connectivity index (χ0) is 14.8. The van der Waals surface area contributed by atoms with Crippen LogP contribution in [0, 0.1) is 11.7 Å². The fraction of sp³-hybridized carbons (Fsp3) is 0.571. The van der Waals surface area contributed by atoms with Crippen LogP contribution in [0.5, 0.6) is 0 Å². The molecule has 4 nitrogen and oxygen atoms in total. The second-order valence-electron chi connectivity index (χ2n) is 5.37. The lowest BCUT2D eigenvalue weighted by Gasteiger charge is -2.27. The van der Waals surface area contributed by atoms with E-state index in [-0.39, 0.29) is 29.2 Å². The number of halogens is 1. The molecule has 0 amide bonds. The van der Waals surface area contributed by atoms with Gasteiger partial charge >= 0.3 is 0 Å². The number of hydrogen-bond acceptors (Lipinski definition) is 4. The Hall–Kier alpha value is -0.980. The fourth-order valence-corrected chi connectivity index (χ4v) is 4.09. The van der Waals surface area contributed by atoms with E-state index in [1.165, 1.54) is 18.2 Å². The van der Waals surface area contributed by atoms with Crippen LogP contribution < -0.4 is 5.32 Å². The van der Waals surface area contributed by atoms with Gasteiger partial charge in [-0.1, -0.05) is 6.92 Å². The molecule has 6 heteroatoms. The third-order valence-corrected chi connectivity index (χ3v) is 5.51. The number of sulfone groups is 1. The van der Waals surface area contributed by atoms with Gasteiger partial charge in [0.15, 0.2) is 9.84 Å². The highest BCUT2D eigenvalue weighted by Gasteiger charge is 2.30. The quantitative estimate of drug-likeness (QED) is 0.812. The predicted octanol–water partition coefficient (Wildman–Crippen LogP) is 1.65.